The number of aromatic nitrogens is 1. The van der Waals surface area contributed by atoms with Gasteiger partial charge in [0, 0.05) is 26.1 Å². The Morgan fingerprint density at radius 1 is 1.28 bits per heavy atom. The summed E-state index contributed by atoms with van der Waals surface area (Å²) in [6.07, 6.45) is -2.27. The lowest BCUT2D eigenvalue weighted by atomic mass is 9.96. The van der Waals surface area contributed by atoms with Crippen LogP contribution in [0.5, 0.6) is 0 Å². The van der Waals surface area contributed by atoms with Crippen molar-refractivity contribution in [2.75, 3.05) is 38.6 Å². The molecule has 1 fully saturated rings. The van der Waals surface area contributed by atoms with Gasteiger partial charge >= 0.3 is 6.18 Å². The summed E-state index contributed by atoms with van der Waals surface area (Å²) in [5.74, 6) is 0.0618. The molecule has 2 rings (SSSR count). The first kappa shape index (κ1) is 19.0. The van der Waals surface area contributed by atoms with E-state index >= 15 is 0 Å². The SMILES string of the molecule is CN(C)C(=O)CNC(=O)C1CCN(c2ccc(C(F)(F)F)c[nH+]2)CC1. The Morgan fingerprint density at radius 3 is 2.40 bits per heavy atom. The standard InChI is InChI=1S/C16H21F3N4O2/c1-22(2)14(24)10-21-15(25)11-5-7-23(8-6-11)13-4-3-12(9-20-13)16(17,18)19/h3-4,9,11H,5-8,10H2,1-2H3,(H,21,25)/p+1. The average Bonchev–Trinajstić information content (AvgIpc) is 2.58. The van der Waals surface area contributed by atoms with Crippen molar-refractivity contribution >= 4 is 17.6 Å². The summed E-state index contributed by atoms with van der Waals surface area (Å²) in [5.41, 5.74) is -0.726. The predicted molar refractivity (Wildman–Crippen MR) is 84.6 cm³/mol. The highest BCUT2D eigenvalue weighted by Gasteiger charge is 2.33. The molecule has 0 spiro atoms. The van der Waals surface area contributed by atoms with Crippen molar-refractivity contribution in [1.29, 1.82) is 0 Å². The van der Waals surface area contributed by atoms with Crippen molar-refractivity contribution in [3.8, 4) is 0 Å². The molecule has 0 unspecified atom stereocenters. The van der Waals surface area contributed by atoms with E-state index in [2.05, 4.69) is 10.3 Å². The molecule has 1 aromatic heterocycles. The Hall–Kier alpha value is -2.32. The fraction of sp³-hybridized carbons (Fsp3) is 0.562. The second kappa shape index (κ2) is 7.71. The van der Waals surface area contributed by atoms with Crippen LogP contribution in [0.1, 0.15) is 18.4 Å². The number of anilines is 1. The van der Waals surface area contributed by atoms with Crippen molar-refractivity contribution in [1.82, 2.24) is 10.2 Å². The zero-order valence-electron chi connectivity index (χ0n) is 14.2. The maximum absolute atomic E-state index is 12.6. The highest BCUT2D eigenvalue weighted by atomic mass is 19.4. The molecule has 2 N–H and O–H groups in total. The number of piperidine rings is 1. The monoisotopic (exact) mass is 359 g/mol. The first-order chi connectivity index (χ1) is 11.7. The van der Waals surface area contributed by atoms with Crippen LogP contribution < -0.4 is 15.2 Å². The number of hydrogen-bond donors (Lipinski definition) is 1. The molecular weight excluding hydrogens is 337 g/mol. The Labute approximate surface area is 144 Å². The third-order valence-electron chi connectivity index (χ3n) is 4.24. The maximum atomic E-state index is 12.6. The van der Waals surface area contributed by atoms with Crippen LogP contribution in [0, 0.1) is 5.92 Å². The van der Waals surface area contributed by atoms with Crippen LogP contribution in [0.15, 0.2) is 18.3 Å². The molecule has 25 heavy (non-hydrogen) atoms. The Morgan fingerprint density at radius 2 is 1.92 bits per heavy atom. The molecule has 6 nitrogen and oxygen atoms in total. The first-order valence-corrected chi connectivity index (χ1v) is 8.00. The largest absolute Gasteiger partial charge is 0.419 e. The van der Waals surface area contributed by atoms with E-state index in [0.717, 1.165) is 12.3 Å². The van der Waals surface area contributed by atoms with Gasteiger partial charge in [-0.1, -0.05) is 0 Å². The van der Waals surface area contributed by atoms with E-state index < -0.39 is 11.7 Å². The van der Waals surface area contributed by atoms with E-state index in [1.807, 2.05) is 4.90 Å². The van der Waals surface area contributed by atoms with Crippen LogP contribution in [0.2, 0.25) is 0 Å². The van der Waals surface area contributed by atoms with Gasteiger partial charge in [-0.15, -0.1) is 0 Å². The van der Waals surface area contributed by atoms with Crippen LogP contribution in [0.25, 0.3) is 0 Å². The van der Waals surface area contributed by atoms with E-state index in [9.17, 15) is 22.8 Å². The number of alkyl halides is 3. The van der Waals surface area contributed by atoms with Gasteiger partial charge in [0.1, 0.15) is 6.20 Å². The second-order valence-corrected chi connectivity index (χ2v) is 6.23. The van der Waals surface area contributed by atoms with E-state index in [0.29, 0.717) is 31.7 Å². The Bertz CT molecular complexity index is 609. The zero-order valence-corrected chi connectivity index (χ0v) is 14.2. The van der Waals surface area contributed by atoms with Crippen LogP contribution in [-0.4, -0.2) is 50.4 Å². The van der Waals surface area contributed by atoms with Gasteiger partial charge in [0.05, 0.1) is 25.2 Å². The molecule has 1 aromatic rings. The molecule has 1 aliphatic heterocycles. The van der Waals surface area contributed by atoms with Crippen molar-refractivity contribution in [3.05, 3.63) is 23.9 Å². The number of rotatable bonds is 4. The zero-order chi connectivity index (χ0) is 18.6. The fourth-order valence-corrected chi connectivity index (χ4v) is 2.64. The molecule has 0 bridgehead atoms. The van der Waals surface area contributed by atoms with Crippen LogP contribution in [-0.2, 0) is 15.8 Å². The normalized spacial score (nSPS) is 15.8. The van der Waals surface area contributed by atoms with Crippen LogP contribution in [0.3, 0.4) is 0 Å². The van der Waals surface area contributed by atoms with Gasteiger partial charge in [0.2, 0.25) is 11.8 Å². The molecule has 0 aromatic carbocycles. The summed E-state index contributed by atoms with van der Waals surface area (Å²) in [6.45, 7) is 1.09. The van der Waals surface area contributed by atoms with Gasteiger partial charge < -0.3 is 10.2 Å². The molecule has 0 atom stereocenters. The van der Waals surface area contributed by atoms with E-state index in [-0.39, 0.29) is 24.3 Å². The topological polar surface area (TPSA) is 66.8 Å². The number of halogens is 3. The van der Waals surface area contributed by atoms with Gasteiger partial charge in [-0.2, -0.15) is 13.2 Å². The highest BCUT2D eigenvalue weighted by Crippen LogP contribution is 2.29. The molecule has 9 heteroatoms. The molecule has 2 heterocycles. The molecule has 1 aliphatic rings. The number of nitrogens with one attached hydrogen (secondary N) is 2. The number of hydrogen-bond acceptors (Lipinski definition) is 3. The van der Waals surface area contributed by atoms with Crippen LogP contribution >= 0.6 is 0 Å². The number of nitrogens with zero attached hydrogens (tertiary/aromatic N) is 2. The molecule has 0 saturated carbocycles. The highest BCUT2D eigenvalue weighted by molar-refractivity contribution is 5.85. The van der Waals surface area contributed by atoms with Gasteiger partial charge in [-0.25, -0.2) is 4.98 Å². The number of H-pyrrole nitrogens is 1. The lowest BCUT2D eigenvalue weighted by Crippen LogP contribution is -2.44. The van der Waals surface area contributed by atoms with Gasteiger partial charge in [0.15, 0.2) is 0 Å². The fourth-order valence-electron chi connectivity index (χ4n) is 2.64. The minimum atomic E-state index is -4.37. The third-order valence-corrected chi connectivity index (χ3v) is 4.24. The summed E-state index contributed by atoms with van der Waals surface area (Å²) in [7, 11) is 3.24. The molecule has 1 saturated heterocycles. The molecule has 138 valence electrons. The van der Waals surface area contributed by atoms with Gasteiger partial charge in [-0.3, -0.25) is 14.5 Å². The summed E-state index contributed by atoms with van der Waals surface area (Å²) >= 11 is 0. The predicted octanol–water partition coefficient (Wildman–Crippen LogP) is 0.940. The molecular formula is C16H22F3N4O2+. The van der Waals surface area contributed by atoms with Crippen molar-refractivity contribution in [2.24, 2.45) is 5.92 Å². The summed E-state index contributed by atoms with van der Waals surface area (Å²) in [5, 5.41) is 2.63. The number of likely N-dealkylation sites (N-methyl/N-ethyl adjacent to an activating group) is 1. The summed E-state index contributed by atoms with van der Waals surface area (Å²) in [6, 6.07) is 2.44. The van der Waals surface area contributed by atoms with Crippen LogP contribution in [0.4, 0.5) is 19.0 Å². The number of pyridine rings is 1. The minimum Gasteiger partial charge on any atom is -0.347 e. The van der Waals surface area contributed by atoms with Crippen molar-refractivity contribution in [2.45, 2.75) is 19.0 Å². The van der Waals surface area contributed by atoms with E-state index in [4.69, 9.17) is 0 Å². The lowest BCUT2D eigenvalue weighted by molar-refractivity contribution is -0.367. The number of aromatic amines is 1. The van der Waals surface area contributed by atoms with E-state index in [1.165, 1.54) is 11.0 Å². The average molecular weight is 359 g/mol. The molecule has 2 amide bonds. The third kappa shape index (κ3) is 5.07. The van der Waals surface area contributed by atoms with Crippen molar-refractivity contribution < 1.29 is 27.7 Å². The summed E-state index contributed by atoms with van der Waals surface area (Å²) < 4.78 is 37.7. The minimum absolute atomic E-state index is 0.0290. The number of carbonyl (C=O) groups is 2. The number of carbonyl (C=O) groups excluding carboxylic acids is 2. The first-order valence-electron chi connectivity index (χ1n) is 8.00. The number of amides is 2. The molecule has 0 aliphatic carbocycles. The van der Waals surface area contributed by atoms with Crippen molar-refractivity contribution in [3.63, 3.8) is 0 Å². The Kier molecular flexibility index (Phi) is 5.86. The quantitative estimate of drug-likeness (QED) is 0.870. The maximum Gasteiger partial charge on any atom is 0.419 e. The Balaban J connectivity index is 1.85. The summed E-state index contributed by atoms with van der Waals surface area (Å²) in [4.78, 5) is 29.6. The lowest BCUT2D eigenvalue weighted by Gasteiger charge is -2.27. The second-order valence-electron chi connectivity index (χ2n) is 6.23. The van der Waals surface area contributed by atoms with Gasteiger partial charge in [0.25, 0.3) is 5.82 Å². The smallest absolute Gasteiger partial charge is 0.347 e. The van der Waals surface area contributed by atoms with E-state index in [1.54, 1.807) is 14.1 Å². The molecule has 0 radical (unpaired) electrons. The van der Waals surface area contributed by atoms with Gasteiger partial charge in [-0.05, 0) is 18.9 Å².